The minimum absolute atomic E-state index is 0.176. The molecule has 0 radical (unpaired) electrons. The van der Waals surface area contributed by atoms with E-state index >= 15 is 0 Å². The molecule has 1 aliphatic rings. The lowest BCUT2D eigenvalue weighted by Crippen LogP contribution is -2.36. The predicted molar refractivity (Wildman–Crippen MR) is 96.1 cm³/mol. The maximum Gasteiger partial charge on any atom is 0.270 e. The molecule has 0 unspecified atom stereocenters. The van der Waals surface area contributed by atoms with Crippen molar-refractivity contribution in [1.29, 1.82) is 0 Å². The van der Waals surface area contributed by atoms with Gasteiger partial charge in [-0.3, -0.25) is 4.79 Å². The van der Waals surface area contributed by atoms with E-state index in [9.17, 15) is 4.79 Å². The fraction of sp³-hybridized carbons (Fsp3) is 0.353. The molecule has 0 spiro atoms. The van der Waals surface area contributed by atoms with E-state index in [1.165, 1.54) is 6.42 Å². The zero-order chi connectivity index (χ0) is 16.9. The number of amides is 1. The normalized spacial score (nSPS) is 15.1. The molecule has 1 heterocycles. The highest BCUT2D eigenvalue weighted by molar-refractivity contribution is 6.43. The molecule has 1 amide bonds. The average molecular weight is 365 g/mol. The molecule has 1 aliphatic carbocycles. The van der Waals surface area contributed by atoms with Gasteiger partial charge in [0.15, 0.2) is 0 Å². The molecule has 0 bridgehead atoms. The summed E-state index contributed by atoms with van der Waals surface area (Å²) in [5.41, 5.74) is 0.922. The van der Waals surface area contributed by atoms with Crippen molar-refractivity contribution in [3.63, 3.8) is 0 Å². The fourth-order valence-corrected chi connectivity index (χ4v) is 3.12. The molecular weight excluding hydrogens is 347 g/mol. The molecule has 3 rings (SSSR count). The van der Waals surface area contributed by atoms with Gasteiger partial charge in [0, 0.05) is 12.2 Å². The number of benzene rings is 1. The second kappa shape index (κ2) is 7.81. The van der Waals surface area contributed by atoms with E-state index in [0.29, 0.717) is 27.4 Å². The maximum atomic E-state index is 12.4. The summed E-state index contributed by atoms with van der Waals surface area (Å²) in [7, 11) is 0. The summed E-state index contributed by atoms with van der Waals surface area (Å²) in [6, 6.07) is 7.08. The molecular formula is C17H18Cl2N4O. The van der Waals surface area contributed by atoms with Crippen LogP contribution in [-0.2, 0) is 0 Å². The number of carbonyl (C=O) groups excluding carboxylic acids is 1. The van der Waals surface area contributed by atoms with Crippen LogP contribution in [0.4, 0.5) is 11.6 Å². The number of anilines is 2. The Balaban J connectivity index is 1.71. The van der Waals surface area contributed by atoms with Gasteiger partial charge in [0.1, 0.15) is 5.69 Å². The quantitative estimate of drug-likeness (QED) is 0.832. The third kappa shape index (κ3) is 4.16. The highest BCUT2D eigenvalue weighted by Crippen LogP contribution is 2.30. The van der Waals surface area contributed by atoms with Crippen LogP contribution in [0, 0.1) is 0 Å². The molecule has 2 aromatic rings. The van der Waals surface area contributed by atoms with Crippen LogP contribution in [0.3, 0.4) is 0 Å². The van der Waals surface area contributed by atoms with Gasteiger partial charge < -0.3 is 10.6 Å². The van der Waals surface area contributed by atoms with Crippen molar-refractivity contribution in [1.82, 2.24) is 15.3 Å². The third-order valence-electron chi connectivity index (χ3n) is 4.03. The number of nitrogens with zero attached hydrogens (tertiary/aromatic N) is 2. The van der Waals surface area contributed by atoms with Crippen molar-refractivity contribution >= 4 is 40.7 Å². The van der Waals surface area contributed by atoms with Crippen molar-refractivity contribution in [3.8, 4) is 0 Å². The van der Waals surface area contributed by atoms with Crippen LogP contribution in [0.2, 0.25) is 10.0 Å². The molecule has 1 saturated carbocycles. The van der Waals surface area contributed by atoms with Crippen LogP contribution >= 0.6 is 23.2 Å². The maximum absolute atomic E-state index is 12.4. The summed E-state index contributed by atoms with van der Waals surface area (Å²) < 4.78 is 0. The van der Waals surface area contributed by atoms with E-state index in [1.807, 2.05) is 0 Å². The molecule has 1 fully saturated rings. The van der Waals surface area contributed by atoms with E-state index in [2.05, 4.69) is 20.6 Å². The van der Waals surface area contributed by atoms with Gasteiger partial charge in [0.2, 0.25) is 5.95 Å². The topological polar surface area (TPSA) is 66.9 Å². The Kier molecular flexibility index (Phi) is 5.53. The number of hydrogen-bond acceptors (Lipinski definition) is 4. The minimum atomic E-state index is -0.176. The summed E-state index contributed by atoms with van der Waals surface area (Å²) in [5, 5.41) is 6.86. The highest BCUT2D eigenvalue weighted by Gasteiger charge is 2.18. The molecule has 24 heavy (non-hydrogen) atoms. The Morgan fingerprint density at radius 1 is 1.12 bits per heavy atom. The molecule has 126 valence electrons. The molecule has 1 aromatic carbocycles. The number of halogens is 2. The Labute approximate surface area is 150 Å². The summed E-state index contributed by atoms with van der Waals surface area (Å²) in [4.78, 5) is 20.8. The Morgan fingerprint density at radius 3 is 2.71 bits per heavy atom. The first kappa shape index (κ1) is 17.0. The van der Waals surface area contributed by atoms with E-state index in [0.717, 1.165) is 25.7 Å². The van der Waals surface area contributed by atoms with Gasteiger partial charge in [0.05, 0.1) is 15.7 Å². The third-order valence-corrected chi connectivity index (χ3v) is 4.85. The molecule has 0 saturated heterocycles. The lowest BCUT2D eigenvalue weighted by molar-refractivity contribution is 0.0922. The Hall–Kier alpha value is -1.85. The van der Waals surface area contributed by atoms with Gasteiger partial charge in [-0.2, -0.15) is 0 Å². The van der Waals surface area contributed by atoms with E-state index < -0.39 is 0 Å². The average Bonchev–Trinajstić information content (AvgIpc) is 2.60. The van der Waals surface area contributed by atoms with Gasteiger partial charge in [-0.05, 0) is 31.0 Å². The van der Waals surface area contributed by atoms with E-state index in [4.69, 9.17) is 23.2 Å². The zero-order valence-corrected chi connectivity index (χ0v) is 14.6. The Morgan fingerprint density at radius 2 is 1.92 bits per heavy atom. The molecule has 1 aromatic heterocycles. The van der Waals surface area contributed by atoms with Gasteiger partial charge in [-0.15, -0.1) is 0 Å². The fourth-order valence-electron chi connectivity index (χ4n) is 2.77. The van der Waals surface area contributed by atoms with Gasteiger partial charge in [0.25, 0.3) is 5.91 Å². The van der Waals surface area contributed by atoms with Crippen LogP contribution in [-0.4, -0.2) is 21.9 Å². The lowest BCUT2D eigenvalue weighted by Gasteiger charge is -2.22. The van der Waals surface area contributed by atoms with E-state index in [-0.39, 0.29) is 11.9 Å². The minimum Gasteiger partial charge on any atom is -0.348 e. The molecule has 5 nitrogen and oxygen atoms in total. The lowest BCUT2D eigenvalue weighted by atomic mass is 9.95. The zero-order valence-electron chi connectivity index (χ0n) is 13.1. The van der Waals surface area contributed by atoms with Crippen LogP contribution < -0.4 is 10.6 Å². The molecule has 0 atom stereocenters. The second-order valence-electron chi connectivity index (χ2n) is 5.80. The van der Waals surface area contributed by atoms with Crippen LogP contribution in [0.1, 0.15) is 42.6 Å². The number of nitrogens with one attached hydrogen (secondary N) is 2. The first-order valence-corrected chi connectivity index (χ1v) is 8.74. The number of rotatable bonds is 4. The standard InChI is InChI=1S/C17H18Cl2N4O/c18-12-7-4-8-13(15(12)19)22-17-20-10-9-14(23-17)16(24)21-11-5-2-1-3-6-11/h4,7-11H,1-3,5-6H2,(H,21,24)(H,20,22,23). The van der Waals surface area contributed by atoms with Gasteiger partial charge >= 0.3 is 0 Å². The first-order chi connectivity index (χ1) is 11.6. The highest BCUT2D eigenvalue weighted by atomic mass is 35.5. The first-order valence-electron chi connectivity index (χ1n) is 7.98. The monoisotopic (exact) mass is 364 g/mol. The SMILES string of the molecule is O=C(NC1CCCCC1)c1ccnc(Nc2cccc(Cl)c2Cl)n1. The molecule has 7 heteroatoms. The summed E-state index contributed by atoms with van der Waals surface area (Å²) in [5.74, 6) is 0.125. The smallest absolute Gasteiger partial charge is 0.270 e. The van der Waals surface area contributed by atoms with Crippen molar-refractivity contribution in [2.24, 2.45) is 0 Å². The van der Waals surface area contributed by atoms with Crippen LogP contribution in [0.25, 0.3) is 0 Å². The molecule has 0 aliphatic heterocycles. The van der Waals surface area contributed by atoms with Crippen molar-refractivity contribution in [2.75, 3.05) is 5.32 Å². The van der Waals surface area contributed by atoms with Crippen LogP contribution in [0.5, 0.6) is 0 Å². The van der Waals surface area contributed by atoms with Crippen LogP contribution in [0.15, 0.2) is 30.5 Å². The Bertz CT molecular complexity index is 732. The number of hydrogen-bond donors (Lipinski definition) is 2. The number of carbonyl (C=O) groups is 1. The largest absolute Gasteiger partial charge is 0.348 e. The number of aromatic nitrogens is 2. The summed E-state index contributed by atoms with van der Waals surface area (Å²) in [6.07, 6.45) is 7.17. The van der Waals surface area contributed by atoms with E-state index in [1.54, 1.807) is 30.5 Å². The van der Waals surface area contributed by atoms with Crippen molar-refractivity contribution in [2.45, 2.75) is 38.1 Å². The van der Waals surface area contributed by atoms with Crippen molar-refractivity contribution < 1.29 is 4.79 Å². The second-order valence-corrected chi connectivity index (χ2v) is 6.59. The van der Waals surface area contributed by atoms with Gasteiger partial charge in [-0.1, -0.05) is 48.5 Å². The molecule has 2 N–H and O–H groups in total. The summed E-state index contributed by atoms with van der Waals surface area (Å²) in [6.45, 7) is 0. The summed E-state index contributed by atoms with van der Waals surface area (Å²) >= 11 is 12.1. The van der Waals surface area contributed by atoms with Gasteiger partial charge in [-0.25, -0.2) is 9.97 Å². The van der Waals surface area contributed by atoms with Crippen molar-refractivity contribution in [3.05, 3.63) is 46.2 Å². The predicted octanol–water partition coefficient (Wildman–Crippen LogP) is 4.59.